The van der Waals surface area contributed by atoms with Crippen LogP contribution in [0.2, 0.25) is 0 Å². The zero-order valence-corrected chi connectivity index (χ0v) is 13.2. The molecular weight excluding hydrogens is 325 g/mol. The molecule has 1 saturated heterocycles. The van der Waals surface area contributed by atoms with E-state index in [2.05, 4.69) is 0 Å². The molecule has 1 aliphatic rings. The van der Waals surface area contributed by atoms with E-state index in [4.69, 9.17) is 5.11 Å². The fourth-order valence-corrected chi connectivity index (χ4v) is 2.77. The van der Waals surface area contributed by atoms with Crippen LogP contribution in [0.25, 0.3) is 0 Å². The van der Waals surface area contributed by atoms with Gasteiger partial charge in [0.05, 0.1) is 11.1 Å². The molecule has 0 radical (unpaired) electrons. The highest BCUT2D eigenvalue weighted by Crippen LogP contribution is 2.32. The summed E-state index contributed by atoms with van der Waals surface area (Å²) in [6.07, 6.45) is -4.08. The molecule has 8 heteroatoms. The number of halogens is 3. The van der Waals surface area contributed by atoms with Crippen LogP contribution < -0.4 is 0 Å². The zero-order chi connectivity index (χ0) is 17.9. The molecule has 1 fully saturated rings. The molecule has 2 rings (SSSR count). The maximum Gasteiger partial charge on any atom is 0.417 e. The van der Waals surface area contributed by atoms with Crippen molar-refractivity contribution in [1.82, 2.24) is 9.80 Å². The summed E-state index contributed by atoms with van der Waals surface area (Å²) in [5.74, 6) is -1.63. The fourth-order valence-electron chi connectivity index (χ4n) is 2.77. The van der Waals surface area contributed by atoms with Crippen molar-refractivity contribution in [3.63, 3.8) is 0 Å². The molecule has 0 spiro atoms. The SMILES string of the molecule is C[C@@H](C(=O)O)N1CCCN(C(=O)c2ccccc2C(F)(F)F)CC1. The topological polar surface area (TPSA) is 60.9 Å². The number of hydrogen-bond donors (Lipinski definition) is 1. The Labute approximate surface area is 137 Å². The summed E-state index contributed by atoms with van der Waals surface area (Å²) in [6, 6.07) is 4.03. The first-order valence-corrected chi connectivity index (χ1v) is 7.64. The van der Waals surface area contributed by atoms with Crippen LogP contribution in [-0.2, 0) is 11.0 Å². The molecule has 0 aliphatic carbocycles. The average Bonchev–Trinajstić information content (AvgIpc) is 2.78. The molecule has 0 aromatic heterocycles. The zero-order valence-electron chi connectivity index (χ0n) is 13.2. The third kappa shape index (κ3) is 4.05. The minimum atomic E-state index is -4.60. The number of amides is 1. The van der Waals surface area contributed by atoms with Gasteiger partial charge in [0.25, 0.3) is 5.91 Å². The normalized spacial score (nSPS) is 18.1. The van der Waals surface area contributed by atoms with Gasteiger partial charge in [-0.1, -0.05) is 12.1 Å². The fraction of sp³-hybridized carbons (Fsp3) is 0.500. The quantitative estimate of drug-likeness (QED) is 0.914. The van der Waals surface area contributed by atoms with Crippen LogP contribution in [-0.4, -0.2) is 59.0 Å². The maximum absolute atomic E-state index is 13.1. The van der Waals surface area contributed by atoms with Crippen molar-refractivity contribution in [2.75, 3.05) is 26.2 Å². The van der Waals surface area contributed by atoms with Crippen molar-refractivity contribution in [3.05, 3.63) is 35.4 Å². The third-order valence-corrected chi connectivity index (χ3v) is 4.19. The number of carbonyl (C=O) groups is 2. The van der Waals surface area contributed by atoms with E-state index in [-0.39, 0.29) is 12.1 Å². The van der Waals surface area contributed by atoms with Crippen LogP contribution in [0.4, 0.5) is 13.2 Å². The number of carboxylic acids is 1. The van der Waals surface area contributed by atoms with Crippen molar-refractivity contribution >= 4 is 11.9 Å². The summed E-state index contributed by atoms with van der Waals surface area (Å²) in [5.41, 5.74) is -1.32. The van der Waals surface area contributed by atoms with Gasteiger partial charge in [-0.05, 0) is 25.5 Å². The predicted molar refractivity (Wildman–Crippen MR) is 80.6 cm³/mol. The lowest BCUT2D eigenvalue weighted by molar-refractivity contribution is -0.142. The van der Waals surface area contributed by atoms with Crippen LogP contribution in [0.3, 0.4) is 0 Å². The molecule has 1 heterocycles. The number of rotatable bonds is 3. The van der Waals surface area contributed by atoms with Crippen LogP contribution in [0.1, 0.15) is 29.3 Å². The molecule has 1 aromatic rings. The molecule has 0 saturated carbocycles. The number of alkyl halides is 3. The van der Waals surface area contributed by atoms with Crippen molar-refractivity contribution in [3.8, 4) is 0 Å². The van der Waals surface area contributed by atoms with Crippen LogP contribution >= 0.6 is 0 Å². The Morgan fingerprint density at radius 2 is 1.79 bits per heavy atom. The predicted octanol–water partition coefficient (Wildman–Crippen LogP) is 2.33. The summed E-state index contributed by atoms with van der Waals surface area (Å²) in [7, 11) is 0. The lowest BCUT2D eigenvalue weighted by Gasteiger charge is -2.25. The highest BCUT2D eigenvalue weighted by atomic mass is 19.4. The molecule has 1 atom stereocenters. The molecule has 1 aromatic carbocycles. The van der Waals surface area contributed by atoms with Crippen LogP contribution in [0.5, 0.6) is 0 Å². The summed E-state index contributed by atoms with van der Waals surface area (Å²) >= 11 is 0. The van der Waals surface area contributed by atoms with Gasteiger partial charge in [-0.3, -0.25) is 14.5 Å². The van der Waals surface area contributed by atoms with Gasteiger partial charge >= 0.3 is 12.1 Å². The van der Waals surface area contributed by atoms with Gasteiger partial charge < -0.3 is 10.0 Å². The molecule has 24 heavy (non-hydrogen) atoms. The van der Waals surface area contributed by atoms with E-state index in [1.165, 1.54) is 23.1 Å². The molecule has 1 amide bonds. The first-order chi connectivity index (χ1) is 11.2. The van der Waals surface area contributed by atoms with Gasteiger partial charge in [0.15, 0.2) is 0 Å². The van der Waals surface area contributed by atoms with Gasteiger partial charge in [0.2, 0.25) is 0 Å². The van der Waals surface area contributed by atoms with Gasteiger partial charge in [-0.25, -0.2) is 0 Å². The lowest BCUT2D eigenvalue weighted by atomic mass is 10.1. The molecule has 0 unspecified atom stereocenters. The maximum atomic E-state index is 13.1. The van der Waals surface area contributed by atoms with E-state index in [1.54, 1.807) is 11.8 Å². The Hall–Kier alpha value is -2.09. The highest BCUT2D eigenvalue weighted by molar-refractivity contribution is 5.96. The second-order valence-corrected chi connectivity index (χ2v) is 5.74. The van der Waals surface area contributed by atoms with Gasteiger partial charge in [-0.2, -0.15) is 13.2 Å². The Morgan fingerprint density at radius 1 is 1.12 bits per heavy atom. The first-order valence-electron chi connectivity index (χ1n) is 7.64. The van der Waals surface area contributed by atoms with Crippen molar-refractivity contribution < 1.29 is 27.9 Å². The van der Waals surface area contributed by atoms with Gasteiger partial charge in [-0.15, -0.1) is 0 Å². The number of aliphatic carboxylic acids is 1. The van der Waals surface area contributed by atoms with E-state index < -0.39 is 29.7 Å². The van der Waals surface area contributed by atoms with E-state index in [1.807, 2.05) is 0 Å². The largest absolute Gasteiger partial charge is 0.480 e. The second-order valence-electron chi connectivity index (χ2n) is 5.74. The number of hydrogen-bond acceptors (Lipinski definition) is 3. The second kappa shape index (κ2) is 7.21. The van der Waals surface area contributed by atoms with E-state index in [9.17, 15) is 22.8 Å². The van der Waals surface area contributed by atoms with Crippen molar-refractivity contribution in [2.45, 2.75) is 25.6 Å². The minimum Gasteiger partial charge on any atom is -0.480 e. The highest BCUT2D eigenvalue weighted by Gasteiger charge is 2.36. The van der Waals surface area contributed by atoms with E-state index >= 15 is 0 Å². The monoisotopic (exact) mass is 344 g/mol. The summed E-state index contributed by atoms with van der Waals surface area (Å²) in [4.78, 5) is 26.7. The third-order valence-electron chi connectivity index (χ3n) is 4.19. The Kier molecular flexibility index (Phi) is 5.48. The summed E-state index contributed by atoms with van der Waals surface area (Å²) in [6.45, 7) is 2.85. The van der Waals surface area contributed by atoms with Gasteiger partial charge in [0.1, 0.15) is 6.04 Å². The minimum absolute atomic E-state index is 0.197. The summed E-state index contributed by atoms with van der Waals surface area (Å²) in [5, 5.41) is 9.06. The van der Waals surface area contributed by atoms with Gasteiger partial charge in [0, 0.05) is 26.2 Å². The summed E-state index contributed by atoms with van der Waals surface area (Å²) < 4.78 is 39.2. The van der Waals surface area contributed by atoms with Crippen LogP contribution in [0.15, 0.2) is 24.3 Å². The number of carbonyl (C=O) groups excluding carboxylic acids is 1. The molecule has 1 aliphatic heterocycles. The lowest BCUT2D eigenvalue weighted by Crippen LogP contribution is -2.42. The molecule has 0 bridgehead atoms. The molecule has 1 N–H and O–H groups in total. The van der Waals surface area contributed by atoms with Crippen molar-refractivity contribution in [2.24, 2.45) is 0 Å². The molecule has 132 valence electrons. The number of benzene rings is 1. The van der Waals surface area contributed by atoms with E-state index in [0.717, 1.165) is 6.07 Å². The average molecular weight is 344 g/mol. The Bertz CT molecular complexity index is 619. The van der Waals surface area contributed by atoms with E-state index in [0.29, 0.717) is 26.1 Å². The van der Waals surface area contributed by atoms with Crippen LogP contribution in [0, 0.1) is 0 Å². The first kappa shape index (κ1) is 18.3. The number of nitrogens with zero attached hydrogens (tertiary/aromatic N) is 2. The standard InChI is InChI=1S/C16H19F3N2O3/c1-11(15(23)24)20-7-4-8-21(10-9-20)14(22)12-5-2-3-6-13(12)16(17,18)19/h2-3,5-6,11H,4,7-10H2,1H3,(H,23,24)/t11-/m0/s1. The van der Waals surface area contributed by atoms with Crippen molar-refractivity contribution in [1.29, 1.82) is 0 Å². The Balaban J connectivity index is 2.16. The number of carboxylic acid groups (broad SMARTS) is 1. The Morgan fingerprint density at radius 3 is 2.42 bits per heavy atom. The molecule has 5 nitrogen and oxygen atoms in total. The smallest absolute Gasteiger partial charge is 0.417 e. The molecular formula is C16H19F3N2O3.